The van der Waals surface area contributed by atoms with Crippen molar-refractivity contribution >= 4 is 6.03 Å². The van der Waals surface area contributed by atoms with Crippen molar-refractivity contribution in [2.45, 2.75) is 51.1 Å². The molecule has 2 N–H and O–H groups in total. The summed E-state index contributed by atoms with van der Waals surface area (Å²) in [5.74, 6) is 0.704. The Morgan fingerprint density at radius 2 is 1.94 bits per heavy atom. The summed E-state index contributed by atoms with van der Waals surface area (Å²) in [5.41, 5.74) is 5.70. The molecule has 1 atom stereocenters. The van der Waals surface area contributed by atoms with Crippen molar-refractivity contribution in [2.75, 3.05) is 20.1 Å². The van der Waals surface area contributed by atoms with Crippen molar-refractivity contribution in [3.63, 3.8) is 0 Å². The third kappa shape index (κ3) is 2.73. The highest BCUT2D eigenvalue weighted by Gasteiger charge is 2.40. The number of rotatable bonds is 3. The van der Waals surface area contributed by atoms with Gasteiger partial charge in [-0.2, -0.15) is 0 Å². The van der Waals surface area contributed by atoms with Crippen molar-refractivity contribution < 1.29 is 4.79 Å². The quantitative estimate of drug-likeness (QED) is 0.814. The molecule has 0 aromatic rings. The third-order valence-electron chi connectivity index (χ3n) is 4.02. The fourth-order valence-electron chi connectivity index (χ4n) is 3.22. The minimum atomic E-state index is -0.304. The van der Waals surface area contributed by atoms with Crippen molar-refractivity contribution in [1.29, 1.82) is 0 Å². The van der Waals surface area contributed by atoms with Gasteiger partial charge in [0.25, 0.3) is 0 Å². The zero-order valence-corrected chi connectivity index (χ0v) is 11.3. The molecule has 1 heterocycles. The molecule has 1 saturated heterocycles. The van der Waals surface area contributed by atoms with E-state index in [0.29, 0.717) is 18.5 Å². The molecule has 1 aliphatic heterocycles. The molecule has 4 nitrogen and oxygen atoms in total. The number of nitrogens with zero attached hydrogens (tertiary/aromatic N) is 2. The minimum absolute atomic E-state index is 0.153. The van der Waals surface area contributed by atoms with E-state index in [-0.39, 0.29) is 11.6 Å². The van der Waals surface area contributed by atoms with Crippen LogP contribution in [0.25, 0.3) is 0 Å². The lowest BCUT2D eigenvalue weighted by atomic mass is 9.98. The first-order valence-corrected chi connectivity index (χ1v) is 6.69. The van der Waals surface area contributed by atoms with Crippen LogP contribution in [0.4, 0.5) is 4.79 Å². The molecule has 17 heavy (non-hydrogen) atoms. The Labute approximate surface area is 104 Å². The van der Waals surface area contributed by atoms with Gasteiger partial charge in [-0.25, -0.2) is 4.79 Å². The number of urea groups is 1. The van der Waals surface area contributed by atoms with Gasteiger partial charge in [-0.15, -0.1) is 0 Å². The van der Waals surface area contributed by atoms with E-state index >= 15 is 0 Å². The van der Waals surface area contributed by atoms with Gasteiger partial charge in [0.15, 0.2) is 0 Å². The topological polar surface area (TPSA) is 49.6 Å². The Bertz CT molecular complexity index is 292. The number of nitrogens with two attached hydrogens (primary N) is 1. The second kappa shape index (κ2) is 4.48. The van der Waals surface area contributed by atoms with Crippen LogP contribution in [0.5, 0.6) is 0 Å². The molecule has 98 valence electrons. The van der Waals surface area contributed by atoms with Gasteiger partial charge in [-0.3, -0.25) is 0 Å². The normalized spacial score (nSPS) is 27.3. The van der Waals surface area contributed by atoms with Crippen LogP contribution < -0.4 is 5.73 Å². The fraction of sp³-hybridized carbons (Fsp3) is 0.923. The van der Waals surface area contributed by atoms with E-state index in [4.69, 9.17) is 5.73 Å². The summed E-state index contributed by atoms with van der Waals surface area (Å²) >= 11 is 0. The maximum Gasteiger partial charge on any atom is 0.320 e. The molecule has 2 amide bonds. The van der Waals surface area contributed by atoms with Gasteiger partial charge in [-0.05, 0) is 32.6 Å². The average molecular weight is 239 g/mol. The van der Waals surface area contributed by atoms with E-state index in [1.807, 2.05) is 30.7 Å². The first kappa shape index (κ1) is 12.7. The lowest BCUT2D eigenvalue weighted by molar-refractivity contribution is 0.185. The molecule has 0 radical (unpaired) electrons. The second-order valence-electron chi connectivity index (χ2n) is 6.37. The number of hydrogen-bond donors (Lipinski definition) is 1. The van der Waals surface area contributed by atoms with E-state index in [1.54, 1.807) is 0 Å². The number of likely N-dealkylation sites (N-methyl/N-ethyl adjacent to an activating group) is 1. The standard InChI is InChI=1S/C13H25N3O/c1-13(2,14)9-16-8-11(15(3)12(16)17)10-6-4-5-7-10/h10-11H,4-9,14H2,1-3H3. The summed E-state index contributed by atoms with van der Waals surface area (Å²) in [6.07, 6.45) is 5.21. The molecule has 4 heteroatoms. The summed E-state index contributed by atoms with van der Waals surface area (Å²) in [4.78, 5) is 16.0. The van der Waals surface area contributed by atoms with Gasteiger partial charge in [0.05, 0.1) is 6.04 Å². The van der Waals surface area contributed by atoms with E-state index in [9.17, 15) is 4.79 Å². The first-order chi connectivity index (χ1) is 7.88. The monoisotopic (exact) mass is 239 g/mol. The predicted molar refractivity (Wildman–Crippen MR) is 68.7 cm³/mol. The summed E-state index contributed by atoms with van der Waals surface area (Å²) < 4.78 is 0. The minimum Gasteiger partial charge on any atom is -0.324 e. The number of carbonyl (C=O) groups excluding carboxylic acids is 1. The van der Waals surface area contributed by atoms with Crippen molar-refractivity contribution in [2.24, 2.45) is 11.7 Å². The zero-order chi connectivity index (χ0) is 12.6. The van der Waals surface area contributed by atoms with Gasteiger partial charge < -0.3 is 15.5 Å². The third-order valence-corrected chi connectivity index (χ3v) is 4.02. The lowest BCUT2D eigenvalue weighted by Crippen LogP contribution is -2.46. The Morgan fingerprint density at radius 3 is 2.47 bits per heavy atom. The van der Waals surface area contributed by atoms with Crippen molar-refractivity contribution in [3.8, 4) is 0 Å². The van der Waals surface area contributed by atoms with Gasteiger partial charge >= 0.3 is 6.03 Å². The second-order valence-corrected chi connectivity index (χ2v) is 6.37. The molecule has 0 aromatic heterocycles. The highest BCUT2D eigenvalue weighted by molar-refractivity contribution is 5.77. The molecular formula is C13H25N3O. The van der Waals surface area contributed by atoms with Crippen LogP contribution in [-0.4, -0.2) is 47.5 Å². The van der Waals surface area contributed by atoms with Crippen LogP contribution in [0, 0.1) is 5.92 Å². The molecule has 1 saturated carbocycles. The van der Waals surface area contributed by atoms with Crippen LogP contribution in [0.1, 0.15) is 39.5 Å². The zero-order valence-electron chi connectivity index (χ0n) is 11.3. The summed E-state index contributed by atoms with van der Waals surface area (Å²) in [6, 6.07) is 0.563. The molecule has 0 spiro atoms. The van der Waals surface area contributed by atoms with Gasteiger partial charge in [0.2, 0.25) is 0 Å². The molecule has 1 unspecified atom stereocenters. The molecule has 2 aliphatic rings. The number of carbonyl (C=O) groups is 1. The largest absolute Gasteiger partial charge is 0.324 e. The van der Waals surface area contributed by atoms with E-state index in [2.05, 4.69) is 0 Å². The van der Waals surface area contributed by atoms with Gasteiger partial charge in [0.1, 0.15) is 0 Å². The smallest absolute Gasteiger partial charge is 0.320 e. The summed E-state index contributed by atoms with van der Waals surface area (Å²) in [6.45, 7) is 5.46. The van der Waals surface area contributed by atoms with Crippen LogP contribution in [0.15, 0.2) is 0 Å². The lowest BCUT2D eigenvalue weighted by Gasteiger charge is -2.25. The van der Waals surface area contributed by atoms with E-state index in [0.717, 1.165) is 6.54 Å². The maximum absolute atomic E-state index is 12.1. The maximum atomic E-state index is 12.1. The number of hydrogen-bond acceptors (Lipinski definition) is 2. The van der Waals surface area contributed by atoms with Crippen LogP contribution in [0.2, 0.25) is 0 Å². The summed E-state index contributed by atoms with van der Waals surface area (Å²) in [5, 5.41) is 0. The molecule has 0 aromatic carbocycles. The number of amides is 2. The molecule has 2 rings (SSSR count). The fourth-order valence-corrected chi connectivity index (χ4v) is 3.22. The molecule has 1 aliphatic carbocycles. The predicted octanol–water partition coefficient (Wildman–Crippen LogP) is 1.65. The molecule has 2 fully saturated rings. The Balaban J connectivity index is 2.01. The van der Waals surface area contributed by atoms with E-state index < -0.39 is 0 Å². The average Bonchev–Trinajstić information content (AvgIpc) is 2.80. The van der Waals surface area contributed by atoms with Gasteiger partial charge in [0, 0.05) is 25.7 Å². The van der Waals surface area contributed by atoms with Crippen LogP contribution >= 0.6 is 0 Å². The SMILES string of the molecule is CN1C(=O)N(CC(C)(C)N)CC1C1CCCC1. The molecule has 0 bridgehead atoms. The first-order valence-electron chi connectivity index (χ1n) is 6.69. The van der Waals surface area contributed by atoms with Gasteiger partial charge in [-0.1, -0.05) is 12.8 Å². The summed E-state index contributed by atoms with van der Waals surface area (Å²) in [7, 11) is 1.94. The highest BCUT2D eigenvalue weighted by atomic mass is 16.2. The van der Waals surface area contributed by atoms with Crippen molar-refractivity contribution in [1.82, 2.24) is 9.80 Å². The Kier molecular flexibility index (Phi) is 3.34. The highest BCUT2D eigenvalue weighted by Crippen LogP contribution is 2.33. The van der Waals surface area contributed by atoms with Crippen LogP contribution in [0.3, 0.4) is 0 Å². The van der Waals surface area contributed by atoms with E-state index in [1.165, 1.54) is 25.7 Å². The molecular weight excluding hydrogens is 214 g/mol. The van der Waals surface area contributed by atoms with Crippen LogP contribution in [-0.2, 0) is 0 Å². The van der Waals surface area contributed by atoms with Crippen molar-refractivity contribution in [3.05, 3.63) is 0 Å². The Morgan fingerprint density at radius 1 is 1.35 bits per heavy atom. The Hall–Kier alpha value is -0.770.